The minimum atomic E-state index is -1.19. The first kappa shape index (κ1) is 33.3. The van der Waals surface area contributed by atoms with Crippen LogP contribution in [0.1, 0.15) is 67.2 Å². The Morgan fingerprint density at radius 2 is 1.25 bits per heavy atom. The summed E-state index contributed by atoms with van der Waals surface area (Å²) >= 11 is 0. The molecular formula is C39H36N2O7. The number of nitrogens with one attached hydrogen (secondary N) is 2. The van der Waals surface area contributed by atoms with E-state index in [2.05, 4.69) is 36.6 Å². The van der Waals surface area contributed by atoms with Crippen molar-refractivity contribution in [3.8, 4) is 17.2 Å². The van der Waals surface area contributed by atoms with Gasteiger partial charge in [-0.3, -0.25) is 4.79 Å². The van der Waals surface area contributed by atoms with Gasteiger partial charge < -0.3 is 30.3 Å². The number of amides is 1. The molecule has 5 aromatic rings. The summed E-state index contributed by atoms with van der Waals surface area (Å²) in [7, 11) is 1.64. The van der Waals surface area contributed by atoms with Crippen LogP contribution in [-0.4, -0.2) is 35.2 Å². The van der Waals surface area contributed by atoms with Crippen LogP contribution in [0.5, 0.6) is 17.2 Å². The molecule has 0 saturated carbocycles. The summed E-state index contributed by atoms with van der Waals surface area (Å²) < 4.78 is 11.4. The van der Waals surface area contributed by atoms with Gasteiger partial charge in [0.05, 0.1) is 23.8 Å². The first-order valence-electron chi connectivity index (χ1n) is 15.2. The Bertz CT molecular complexity index is 1970. The van der Waals surface area contributed by atoms with E-state index in [9.17, 15) is 24.6 Å². The van der Waals surface area contributed by atoms with Gasteiger partial charge in [0.25, 0.3) is 5.91 Å². The summed E-state index contributed by atoms with van der Waals surface area (Å²) in [5.74, 6) is -0.931. The van der Waals surface area contributed by atoms with Gasteiger partial charge in [-0.2, -0.15) is 0 Å². The van der Waals surface area contributed by atoms with E-state index in [1.807, 2.05) is 36.4 Å². The van der Waals surface area contributed by atoms with Gasteiger partial charge >= 0.3 is 11.9 Å². The van der Waals surface area contributed by atoms with Crippen LogP contribution >= 0.6 is 0 Å². The van der Waals surface area contributed by atoms with Crippen LogP contribution in [0.25, 0.3) is 0 Å². The van der Waals surface area contributed by atoms with Crippen molar-refractivity contribution in [2.24, 2.45) is 0 Å². The lowest BCUT2D eigenvalue weighted by atomic mass is 9.78. The van der Waals surface area contributed by atoms with Crippen molar-refractivity contribution < 1.29 is 34.1 Å². The lowest BCUT2D eigenvalue weighted by molar-refractivity contribution is 0.0684. The Balaban J connectivity index is 1.28. The molecule has 0 heterocycles. The van der Waals surface area contributed by atoms with E-state index in [4.69, 9.17) is 9.47 Å². The average Bonchev–Trinajstić information content (AvgIpc) is 3.07. The Labute approximate surface area is 278 Å². The number of anilines is 2. The van der Waals surface area contributed by atoms with Gasteiger partial charge in [0.2, 0.25) is 0 Å². The molecular weight excluding hydrogens is 608 g/mol. The zero-order valence-electron chi connectivity index (χ0n) is 27.0. The smallest absolute Gasteiger partial charge is 0.336 e. The Kier molecular flexibility index (Phi) is 9.80. The number of aryl methyl sites for hydroxylation is 1. The third-order valence-electron chi connectivity index (χ3n) is 8.18. The number of benzene rings is 5. The SMILES string of the molecule is COc1ccc(C(C)(C)c2ccc(Oc3ccc(C(=O)O)c(CNc4cccc(NC(=O)c5cc(C)ccc5C(=O)O)c4)c3)cc2)cc1. The summed E-state index contributed by atoms with van der Waals surface area (Å²) in [6.07, 6.45) is 0. The predicted molar refractivity (Wildman–Crippen MR) is 185 cm³/mol. The molecule has 5 rings (SSSR count). The molecule has 0 spiro atoms. The predicted octanol–water partition coefficient (Wildman–Crippen LogP) is 8.38. The first-order chi connectivity index (χ1) is 22.9. The van der Waals surface area contributed by atoms with Gasteiger partial charge in [-0.05, 0) is 96.4 Å². The number of ether oxygens (including phenoxy) is 2. The highest BCUT2D eigenvalue weighted by Crippen LogP contribution is 2.34. The fourth-order valence-corrected chi connectivity index (χ4v) is 5.37. The van der Waals surface area contributed by atoms with Crippen LogP contribution < -0.4 is 20.1 Å². The molecule has 9 nitrogen and oxygen atoms in total. The lowest BCUT2D eigenvalue weighted by Crippen LogP contribution is -2.18. The highest BCUT2D eigenvalue weighted by Gasteiger charge is 2.23. The standard InChI is InChI=1S/C39H36N2O7/c1-24-8-18-34(38(45)46)35(20-24)36(42)41-29-7-5-6-28(22-29)40-23-25-21-32(17-19-33(25)37(43)44)48-31-15-11-27(12-16-31)39(2,3)26-9-13-30(47-4)14-10-26/h5-22,40H,23H2,1-4H3,(H,41,42)(H,43,44)(H,45,46). The number of aromatic carboxylic acids is 2. The summed E-state index contributed by atoms with van der Waals surface area (Å²) in [5, 5.41) is 25.3. The van der Waals surface area contributed by atoms with E-state index in [0.717, 1.165) is 22.4 Å². The second-order valence-corrected chi connectivity index (χ2v) is 11.8. The van der Waals surface area contributed by atoms with Gasteiger partial charge in [0.1, 0.15) is 17.2 Å². The zero-order chi connectivity index (χ0) is 34.4. The van der Waals surface area contributed by atoms with E-state index in [1.165, 1.54) is 18.2 Å². The van der Waals surface area contributed by atoms with Crippen LogP contribution in [-0.2, 0) is 12.0 Å². The molecule has 0 fully saturated rings. The number of carboxylic acid groups (broad SMARTS) is 2. The van der Waals surface area contributed by atoms with Crippen molar-refractivity contribution >= 4 is 29.2 Å². The van der Waals surface area contributed by atoms with Crippen molar-refractivity contribution in [3.05, 3.63) is 148 Å². The number of carboxylic acids is 2. The molecule has 0 aliphatic rings. The van der Waals surface area contributed by atoms with Crippen molar-refractivity contribution in [1.29, 1.82) is 0 Å². The quantitative estimate of drug-likeness (QED) is 0.106. The van der Waals surface area contributed by atoms with E-state index < -0.39 is 17.8 Å². The normalized spacial score (nSPS) is 11.0. The van der Waals surface area contributed by atoms with Gasteiger partial charge in [0, 0.05) is 23.3 Å². The molecule has 4 N–H and O–H groups in total. The summed E-state index contributed by atoms with van der Waals surface area (Å²) in [6.45, 7) is 6.24. The molecule has 0 bridgehead atoms. The molecule has 0 atom stereocenters. The maximum atomic E-state index is 13.0. The number of rotatable bonds is 12. The number of carbonyl (C=O) groups excluding carboxylic acids is 1. The van der Waals surface area contributed by atoms with E-state index in [1.54, 1.807) is 56.5 Å². The minimum Gasteiger partial charge on any atom is -0.497 e. The average molecular weight is 645 g/mol. The van der Waals surface area contributed by atoms with Crippen molar-refractivity contribution in [1.82, 2.24) is 0 Å². The van der Waals surface area contributed by atoms with E-state index in [-0.39, 0.29) is 28.7 Å². The van der Waals surface area contributed by atoms with E-state index in [0.29, 0.717) is 28.4 Å². The molecule has 9 heteroatoms. The maximum Gasteiger partial charge on any atom is 0.336 e. The van der Waals surface area contributed by atoms with Crippen LogP contribution in [0, 0.1) is 6.92 Å². The largest absolute Gasteiger partial charge is 0.497 e. The van der Waals surface area contributed by atoms with Crippen LogP contribution in [0.3, 0.4) is 0 Å². The van der Waals surface area contributed by atoms with Crippen LogP contribution in [0.4, 0.5) is 11.4 Å². The molecule has 0 aromatic heterocycles. The third kappa shape index (κ3) is 7.64. The Morgan fingerprint density at radius 1 is 0.667 bits per heavy atom. The van der Waals surface area contributed by atoms with Gasteiger partial charge in [-0.15, -0.1) is 0 Å². The van der Waals surface area contributed by atoms with Gasteiger partial charge in [-0.1, -0.05) is 55.8 Å². The second-order valence-electron chi connectivity index (χ2n) is 11.8. The molecule has 0 aliphatic heterocycles. The van der Waals surface area contributed by atoms with Crippen molar-refractivity contribution in [2.75, 3.05) is 17.7 Å². The fraction of sp³-hybridized carbons (Fsp3) is 0.154. The fourth-order valence-electron chi connectivity index (χ4n) is 5.37. The van der Waals surface area contributed by atoms with E-state index >= 15 is 0 Å². The molecule has 1 amide bonds. The summed E-state index contributed by atoms with van der Waals surface area (Å²) in [4.78, 5) is 36.6. The van der Waals surface area contributed by atoms with Gasteiger partial charge in [-0.25, -0.2) is 9.59 Å². The van der Waals surface area contributed by atoms with Crippen LogP contribution in [0.15, 0.2) is 109 Å². The summed E-state index contributed by atoms with van der Waals surface area (Å²) in [5.41, 5.74) is 4.39. The molecule has 244 valence electrons. The monoisotopic (exact) mass is 644 g/mol. The third-order valence-corrected chi connectivity index (χ3v) is 8.18. The zero-order valence-corrected chi connectivity index (χ0v) is 27.0. The molecule has 0 aliphatic carbocycles. The minimum absolute atomic E-state index is 0.0550. The first-order valence-corrected chi connectivity index (χ1v) is 15.2. The molecule has 0 unspecified atom stereocenters. The van der Waals surface area contributed by atoms with Crippen molar-refractivity contribution in [2.45, 2.75) is 32.7 Å². The molecule has 48 heavy (non-hydrogen) atoms. The number of hydrogen-bond acceptors (Lipinski definition) is 6. The highest BCUT2D eigenvalue weighted by molar-refractivity contribution is 6.11. The summed E-state index contributed by atoms with van der Waals surface area (Å²) in [6, 6.07) is 32.1. The Hall–Kier alpha value is -6.09. The Morgan fingerprint density at radius 3 is 1.88 bits per heavy atom. The van der Waals surface area contributed by atoms with Gasteiger partial charge in [0.15, 0.2) is 0 Å². The maximum absolute atomic E-state index is 13.0. The number of carbonyl (C=O) groups is 3. The number of methoxy groups -OCH3 is 1. The molecule has 0 radical (unpaired) electrons. The van der Waals surface area contributed by atoms with Crippen molar-refractivity contribution in [3.63, 3.8) is 0 Å². The van der Waals surface area contributed by atoms with Crippen LogP contribution in [0.2, 0.25) is 0 Å². The lowest BCUT2D eigenvalue weighted by Gasteiger charge is -2.26. The molecule has 0 saturated heterocycles. The number of hydrogen-bond donors (Lipinski definition) is 4. The highest BCUT2D eigenvalue weighted by atomic mass is 16.5. The molecule has 5 aromatic carbocycles. The second kappa shape index (κ2) is 14.1. The topological polar surface area (TPSA) is 134 Å².